The Hall–Kier alpha value is -2.40. The molecule has 47 heavy (non-hydrogen) atoms. The third-order valence-electron chi connectivity index (χ3n) is 9.45. The van der Waals surface area contributed by atoms with Crippen molar-refractivity contribution in [2.45, 2.75) is 118 Å². The van der Waals surface area contributed by atoms with E-state index in [1.54, 1.807) is 11.8 Å². The number of fused-ring (bicyclic) bond motifs is 1. The second-order valence-corrected chi connectivity index (χ2v) is 14.3. The highest BCUT2D eigenvalue weighted by molar-refractivity contribution is 7.99. The third-order valence-corrected chi connectivity index (χ3v) is 10.6. The molecule has 3 heterocycles. The molecule has 3 aliphatic heterocycles. The maximum absolute atomic E-state index is 11.8. The van der Waals surface area contributed by atoms with Gasteiger partial charge in [-0.3, -0.25) is 0 Å². The third kappa shape index (κ3) is 10.8. The van der Waals surface area contributed by atoms with Crippen molar-refractivity contribution in [2.24, 2.45) is 5.92 Å². The normalized spacial score (nSPS) is 29.1. The second-order valence-electron chi connectivity index (χ2n) is 13.1. The SMILES string of the molecule is COC(=O)/C=C/O[C@@]1(C)C[C@H]2OCCC[C@@H]2O[C@@H]1CCC(O[C@@H]1CCCO[C@H]1[C@@H](C)CCOCc1ccccc1)Sc1ccccc1. The molecule has 0 bridgehead atoms. The Balaban J connectivity index is 1.24. The Morgan fingerprint density at radius 1 is 1.00 bits per heavy atom. The topological polar surface area (TPSA) is 81.7 Å². The minimum atomic E-state index is -0.671. The standard InChI is InChI=1S/C38H52O8S/c1-28(20-24-41-27-29-12-6-4-7-13-29)37-32(17-11-23-43-37)46-36(47-30-14-8-5-9-15-30)19-18-34-38(2,44-25-21-35(39)40-3)26-33-31(45-34)16-10-22-42-33/h4-9,12-15,21,25,28,31-34,36-37H,10-11,16-20,22-24,26-27H2,1-3H3/b25-21+/t28-,31-,32+,33+,34+,36?,37-,38-/m0/s1. The van der Waals surface area contributed by atoms with Crippen LogP contribution in [0.1, 0.15) is 70.8 Å². The number of esters is 1. The van der Waals surface area contributed by atoms with Gasteiger partial charge in [-0.05, 0) is 75.5 Å². The van der Waals surface area contributed by atoms with Crippen molar-refractivity contribution < 1.29 is 38.0 Å². The van der Waals surface area contributed by atoms with Crippen LogP contribution in [0.5, 0.6) is 0 Å². The van der Waals surface area contributed by atoms with E-state index in [9.17, 15) is 4.79 Å². The first-order valence-electron chi connectivity index (χ1n) is 17.2. The molecule has 0 spiro atoms. The molecule has 0 aliphatic carbocycles. The summed E-state index contributed by atoms with van der Waals surface area (Å²) in [4.78, 5) is 12.9. The van der Waals surface area contributed by atoms with Gasteiger partial charge < -0.3 is 33.2 Å². The molecule has 8 atom stereocenters. The first-order valence-corrected chi connectivity index (χ1v) is 18.1. The number of carbonyl (C=O) groups is 1. The molecule has 3 saturated heterocycles. The first-order chi connectivity index (χ1) is 22.9. The largest absolute Gasteiger partial charge is 0.492 e. The smallest absolute Gasteiger partial charge is 0.333 e. The van der Waals surface area contributed by atoms with Gasteiger partial charge in [-0.1, -0.05) is 67.2 Å². The van der Waals surface area contributed by atoms with Crippen LogP contribution in [0.3, 0.4) is 0 Å². The Morgan fingerprint density at radius 2 is 1.74 bits per heavy atom. The van der Waals surface area contributed by atoms with Crippen molar-refractivity contribution in [3.8, 4) is 0 Å². The molecule has 258 valence electrons. The number of hydrogen-bond acceptors (Lipinski definition) is 9. The zero-order valence-electron chi connectivity index (χ0n) is 28.1. The number of hydrogen-bond donors (Lipinski definition) is 0. The molecule has 1 unspecified atom stereocenters. The lowest BCUT2D eigenvalue weighted by Gasteiger charge is -2.49. The molecule has 2 aromatic carbocycles. The highest BCUT2D eigenvalue weighted by Crippen LogP contribution is 2.41. The van der Waals surface area contributed by atoms with Crippen LogP contribution in [0.4, 0.5) is 0 Å². The highest BCUT2D eigenvalue weighted by Gasteiger charge is 2.48. The van der Waals surface area contributed by atoms with Crippen LogP contribution in [0, 0.1) is 5.92 Å². The maximum atomic E-state index is 11.8. The number of methoxy groups -OCH3 is 1. The van der Waals surface area contributed by atoms with Crippen LogP contribution in [0.2, 0.25) is 0 Å². The van der Waals surface area contributed by atoms with E-state index in [-0.39, 0.29) is 36.0 Å². The Bertz CT molecular complexity index is 1230. The van der Waals surface area contributed by atoms with Crippen LogP contribution in [0.15, 0.2) is 77.9 Å². The van der Waals surface area contributed by atoms with E-state index in [0.717, 1.165) is 58.2 Å². The quantitative estimate of drug-likeness (QED) is 0.0451. The minimum absolute atomic E-state index is 0.00563. The molecular formula is C38H52O8S. The summed E-state index contributed by atoms with van der Waals surface area (Å²) in [6, 6.07) is 20.7. The van der Waals surface area contributed by atoms with Crippen LogP contribution in [-0.4, -0.2) is 74.5 Å². The second kappa shape index (κ2) is 18.4. The number of thioether (sulfide) groups is 1. The summed E-state index contributed by atoms with van der Waals surface area (Å²) in [5.41, 5.74) is 0.410. The summed E-state index contributed by atoms with van der Waals surface area (Å²) in [6.07, 6.45) is 9.55. The Kier molecular flexibility index (Phi) is 14.0. The Labute approximate surface area is 284 Å². The minimum Gasteiger partial charge on any atom is -0.492 e. The van der Waals surface area contributed by atoms with Gasteiger partial charge >= 0.3 is 5.97 Å². The molecule has 0 aromatic heterocycles. The van der Waals surface area contributed by atoms with E-state index < -0.39 is 11.6 Å². The zero-order chi connectivity index (χ0) is 32.9. The molecule has 3 aliphatic rings. The van der Waals surface area contributed by atoms with E-state index in [2.05, 4.69) is 50.2 Å². The maximum Gasteiger partial charge on any atom is 0.333 e. The lowest BCUT2D eigenvalue weighted by Crippen LogP contribution is -2.57. The number of carbonyl (C=O) groups excluding carboxylic acids is 1. The van der Waals surface area contributed by atoms with Crippen LogP contribution in [0.25, 0.3) is 0 Å². The van der Waals surface area contributed by atoms with Gasteiger partial charge in [0.05, 0.1) is 56.6 Å². The zero-order valence-corrected chi connectivity index (χ0v) is 28.9. The predicted octanol–water partition coefficient (Wildman–Crippen LogP) is 7.49. The van der Waals surface area contributed by atoms with Gasteiger partial charge in [0, 0.05) is 31.1 Å². The van der Waals surface area contributed by atoms with Gasteiger partial charge in [-0.25, -0.2) is 4.79 Å². The fraction of sp³-hybridized carbons (Fsp3) is 0.605. The Morgan fingerprint density at radius 3 is 2.53 bits per heavy atom. The van der Waals surface area contributed by atoms with Gasteiger partial charge in [-0.2, -0.15) is 0 Å². The molecule has 0 radical (unpaired) electrons. The van der Waals surface area contributed by atoms with Gasteiger partial charge in [0.1, 0.15) is 11.0 Å². The lowest BCUT2D eigenvalue weighted by molar-refractivity contribution is -0.238. The molecule has 9 heteroatoms. The highest BCUT2D eigenvalue weighted by atomic mass is 32.2. The van der Waals surface area contributed by atoms with Crippen molar-refractivity contribution in [2.75, 3.05) is 26.9 Å². The molecule has 3 fully saturated rings. The monoisotopic (exact) mass is 668 g/mol. The van der Waals surface area contributed by atoms with Crippen molar-refractivity contribution in [1.29, 1.82) is 0 Å². The molecule has 0 saturated carbocycles. The van der Waals surface area contributed by atoms with Gasteiger partial charge in [0.25, 0.3) is 0 Å². The fourth-order valence-corrected chi connectivity index (χ4v) is 7.86. The number of ether oxygens (including phenoxy) is 7. The summed E-state index contributed by atoms with van der Waals surface area (Å²) in [6.45, 7) is 7.09. The van der Waals surface area contributed by atoms with E-state index in [1.807, 2.05) is 24.3 Å². The van der Waals surface area contributed by atoms with Crippen molar-refractivity contribution >= 4 is 17.7 Å². The van der Waals surface area contributed by atoms with Gasteiger partial charge in [0.15, 0.2) is 0 Å². The van der Waals surface area contributed by atoms with Crippen LogP contribution in [-0.2, 0) is 44.6 Å². The summed E-state index contributed by atoms with van der Waals surface area (Å²) >= 11 is 1.75. The van der Waals surface area contributed by atoms with Gasteiger partial charge in [-0.15, -0.1) is 0 Å². The summed E-state index contributed by atoms with van der Waals surface area (Å²) in [5.74, 6) is -0.163. The average molecular weight is 669 g/mol. The predicted molar refractivity (Wildman–Crippen MR) is 182 cm³/mol. The summed E-state index contributed by atoms with van der Waals surface area (Å²) < 4.78 is 43.3. The molecule has 0 N–H and O–H groups in total. The van der Waals surface area contributed by atoms with E-state index in [1.165, 1.54) is 29.9 Å². The van der Waals surface area contributed by atoms with E-state index >= 15 is 0 Å². The fourth-order valence-electron chi connectivity index (χ4n) is 6.79. The molecular weight excluding hydrogens is 616 g/mol. The molecule has 5 rings (SSSR count). The van der Waals surface area contributed by atoms with Crippen LogP contribution < -0.4 is 0 Å². The summed E-state index contributed by atoms with van der Waals surface area (Å²) in [7, 11) is 1.36. The summed E-state index contributed by atoms with van der Waals surface area (Å²) in [5, 5.41) is 0. The lowest BCUT2D eigenvalue weighted by atomic mass is 9.82. The number of benzene rings is 2. The van der Waals surface area contributed by atoms with E-state index in [4.69, 9.17) is 33.2 Å². The average Bonchev–Trinajstić information content (AvgIpc) is 3.10. The molecule has 0 amide bonds. The first kappa shape index (κ1) is 35.9. The van der Waals surface area contributed by atoms with E-state index in [0.29, 0.717) is 25.6 Å². The van der Waals surface area contributed by atoms with Gasteiger partial charge in [0.2, 0.25) is 0 Å². The van der Waals surface area contributed by atoms with Crippen molar-refractivity contribution in [3.63, 3.8) is 0 Å². The van der Waals surface area contributed by atoms with Crippen molar-refractivity contribution in [3.05, 3.63) is 78.6 Å². The van der Waals surface area contributed by atoms with Crippen LogP contribution >= 0.6 is 11.8 Å². The number of rotatable bonds is 16. The van der Waals surface area contributed by atoms with Crippen molar-refractivity contribution in [1.82, 2.24) is 0 Å². The molecule has 2 aromatic rings. The molecule has 8 nitrogen and oxygen atoms in total.